The van der Waals surface area contributed by atoms with Gasteiger partial charge in [0.05, 0.1) is 11.7 Å². The van der Waals surface area contributed by atoms with Crippen LogP contribution in [0.2, 0.25) is 0 Å². The van der Waals surface area contributed by atoms with Crippen LogP contribution in [0.3, 0.4) is 0 Å². The van der Waals surface area contributed by atoms with Crippen molar-refractivity contribution in [2.24, 2.45) is 11.1 Å². The fourth-order valence-corrected chi connectivity index (χ4v) is 2.60. The second-order valence-corrected chi connectivity index (χ2v) is 5.50. The fourth-order valence-electron chi connectivity index (χ4n) is 2.60. The zero-order valence-corrected chi connectivity index (χ0v) is 10.3. The molecular formula is C12H25NO. The molecule has 1 rings (SSSR count). The van der Waals surface area contributed by atoms with Crippen molar-refractivity contribution in [2.45, 2.75) is 71.6 Å². The summed E-state index contributed by atoms with van der Waals surface area (Å²) in [4.78, 5) is 0. The SMILES string of the molecule is CCC1(CC)C(N)CC1OC(C)(C)C. The molecule has 0 spiro atoms. The maximum atomic E-state index is 6.11. The molecule has 1 fully saturated rings. The molecule has 2 nitrogen and oxygen atoms in total. The highest BCUT2D eigenvalue weighted by Gasteiger charge is 2.52. The van der Waals surface area contributed by atoms with Gasteiger partial charge in [0, 0.05) is 11.5 Å². The lowest BCUT2D eigenvalue weighted by molar-refractivity contribution is -0.182. The van der Waals surface area contributed by atoms with Crippen molar-refractivity contribution in [2.75, 3.05) is 0 Å². The summed E-state index contributed by atoms with van der Waals surface area (Å²) in [7, 11) is 0. The Morgan fingerprint density at radius 2 is 1.79 bits per heavy atom. The second kappa shape index (κ2) is 3.82. The first kappa shape index (κ1) is 12.0. The summed E-state index contributed by atoms with van der Waals surface area (Å²) >= 11 is 0. The van der Waals surface area contributed by atoms with E-state index in [1.807, 2.05) is 0 Å². The van der Waals surface area contributed by atoms with Gasteiger partial charge in [0.15, 0.2) is 0 Å². The van der Waals surface area contributed by atoms with E-state index in [1.165, 1.54) is 0 Å². The Balaban J connectivity index is 2.64. The number of hydrogen-bond acceptors (Lipinski definition) is 2. The van der Waals surface area contributed by atoms with Crippen LogP contribution in [0.5, 0.6) is 0 Å². The Bertz CT molecular complexity index is 191. The van der Waals surface area contributed by atoms with Crippen LogP contribution in [-0.2, 0) is 4.74 Å². The van der Waals surface area contributed by atoms with Crippen LogP contribution in [0.15, 0.2) is 0 Å². The first-order valence-electron chi connectivity index (χ1n) is 5.79. The van der Waals surface area contributed by atoms with Gasteiger partial charge in [0.2, 0.25) is 0 Å². The molecule has 0 amide bonds. The quantitative estimate of drug-likeness (QED) is 0.758. The summed E-state index contributed by atoms with van der Waals surface area (Å²) in [6.07, 6.45) is 3.66. The Morgan fingerprint density at radius 1 is 1.29 bits per heavy atom. The van der Waals surface area contributed by atoms with Crippen LogP contribution in [0.25, 0.3) is 0 Å². The molecule has 0 aromatic carbocycles. The predicted octanol–water partition coefficient (Wildman–Crippen LogP) is 2.71. The van der Waals surface area contributed by atoms with Gasteiger partial charge in [-0.1, -0.05) is 13.8 Å². The van der Waals surface area contributed by atoms with E-state index in [9.17, 15) is 0 Å². The summed E-state index contributed by atoms with van der Waals surface area (Å²) in [5.74, 6) is 0. The van der Waals surface area contributed by atoms with Gasteiger partial charge in [0.1, 0.15) is 0 Å². The topological polar surface area (TPSA) is 35.2 Å². The molecule has 2 atom stereocenters. The Kier molecular flexibility index (Phi) is 3.27. The molecule has 0 radical (unpaired) electrons. The highest BCUT2D eigenvalue weighted by atomic mass is 16.5. The third kappa shape index (κ3) is 1.96. The smallest absolute Gasteiger partial charge is 0.0668 e. The lowest BCUT2D eigenvalue weighted by Crippen LogP contribution is -2.63. The van der Waals surface area contributed by atoms with Crippen molar-refractivity contribution >= 4 is 0 Å². The van der Waals surface area contributed by atoms with Crippen molar-refractivity contribution in [3.05, 3.63) is 0 Å². The van der Waals surface area contributed by atoms with Gasteiger partial charge in [-0.25, -0.2) is 0 Å². The third-order valence-corrected chi connectivity index (χ3v) is 3.66. The molecule has 14 heavy (non-hydrogen) atoms. The average Bonchev–Trinajstić information content (AvgIpc) is 2.03. The van der Waals surface area contributed by atoms with E-state index in [-0.39, 0.29) is 11.0 Å². The third-order valence-electron chi connectivity index (χ3n) is 3.66. The molecule has 0 bridgehead atoms. The zero-order valence-electron chi connectivity index (χ0n) is 10.3. The van der Waals surface area contributed by atoms with Gasteiger partial charge in [-0.15, -0.1) is 0 Å². The van der Waals surface area contributed by atoms with Crippen LogP contribution in [-0.4, -0.2) is 17.7 Å². The Morgan fingerprint density at radius 3 is 2.07 bits per heavy atom. The van der Waals surface area contributed by atoms with E-state index in [4.69, 9.17) is 10.5 Å². The summed E-state index contributed by atoms with van der Waals surface area (Å²) in [6.45, 7) is 10.8. The number of rotatable bonds is 3. The lowest BCUT2D eigenvalue weighted by Gasteiger charge is -2.55. The minimum absolute atomic E-state index is 0.0413. The first-order valence-corrected chi connectivity index (χ1v) is 5.79. The van der Waals surface area contributed by atoms with Crippen molar-refractivity contribution in [3.8, 4) is 0 Å². The molecule has 1 saturated carbocycles. The second-order valence-electron chi connectivity index (χ2n) is 5.50. The van der Waals surface area contributed by atoms with E-state index in [0.29, 0.717) is 12.1 Å². The molecule has 1 aliphatic carbocycles. The highest BCUT2D eigenvalue weighted by Crippen LogP contribution is 2.48. The van der Waals surface area contributed by atoms with Crippen molar-refractivity contribution in [1.29, 1.82) is 0 Å². The number of hydrogen-bond donors (Lipinski definition) is 1. The molecular weight excluding hydrogens is 174 g/mol. The highest BCUT2D eigenvalue weighted by molar-refractivity contribution is 5.05. The monoisotopic (exact) mass is 199 g/mol. The van der Waals surface area contributed by atoms with E-state index < -0.39 is 0 Å². The standard InChI is InChI=1S/C12H25NO/c1-6-12(7-2)9(13)8-10(12)14-11(3,4)5/h9-10H,6-8,13H2,1-5H3. The average molecular weight is 199 g/mol. The molecule has 2 N–H and O–H groups in total. The minimum Gasteiger partial charge on any atom is -0.372 e. The molecule has 0 heterocycles. The van der Waals surface area contributed by atoms with Gasteiger partial charge in [-0.05, 0) is 40.0 Å². The molecule has 1 aliphatic rings. The van der Waals surface area contributed by atoms with E-state index in [2.05, 4.69) is 34.6 Å². The van der Waals surface area contributed by atoms with Gasteiger partial charge >= 0.3 is 0 Å². The van der Waals surface area contributed by atoms with Crippen LogP contribution in [0.1, 0.15) is 53.9 Å². The summed E-state index contributed by atoms with van der Waals surface area (Å²) in [5.41, 5.74) is 6.31. The summed E-state index contributed by atoms with van der Waals surface area (Å²) in [5, 5.41) is 0. The van der Waals surface area contributed by atoms with Gasteiger partial charge in [0.25, 0.3) is 0 Å². The molecule has 2 heteroatoms. The predicted molar refractivity (Wildman–Crippen MR) is 60.2 cm³/mol. The van der Waals surface area contributed by atoms with Gasteiger partial charge < -0.3 is 10.5 Å². The van der Waals surface area contributed by atoms with Crippen LogP contribution in [0, 0.1) is 5.41 Å². The summed E-state index contributed by atoms with van der Waals surface area (Å²) < 4.78 is 6.06. The maximum absolute atomic E-state index is 6.11. The van der Waals surface area contributed by atoms with Gasteiger partial charge in [-0.3, -0.25) is 0 Å². The lowest BCUT2D eigenvalue weighted by atomic mass is 9.59. The Labute approximate surface area is 88.2 Å². The van der Waals surface area contributed by atoms with E-state index in [1.54, 1.807) is 0 Å². The van der Waals surface area contributed by atoms with E-state index >= 15 is 0 Å². The molecule has 0 aromatic rings. The van der Waals surface area contributed by atoms with Crippen LogP contribution >= 0.6 is 0 Å². The van der Waals surface area contributed by atoms with Crippen LogP contribution < -0.4 is 5.73 Å². The normalized spacial score (nSPS) is 31.3. The number of nitrogens with two attached hydrogens (primary N) is 1. The molecule has 2 unspecified atom stereocenters. The van der Waals surface area contributed by atoms with Gasteiger partial charge in [-0.2, -0.15) is 0 Å². The first-order chi connectivity index (χ1) is 6.35. The Hall–Kier alpha value is -0.0800. The fraction of sp³-hybridized carbons (Fsp3) is 1.00. The van der Waals surface area contributed by atoms with Crippen molar-refractivity contribution < 1.29 is 4.74 Å². The van der Waals surface area contributed by atoms with Crippen molar-refractivity contribution in [1.82, 2.24) is 0 Å². The van der Waals surface area contributed by atoms with Crippen molar-refractivity contribution in [3.63, 3.8) is 0 Å². The number of ether oxygens (including phenoxy) is 1. The molecule has 0 aromatic heterocycles. The molecule has 84 valence electrons. The van der Waals surface area contributed by atoms with E-state index in [0.717, 1.165) is 19.3 Å². The maximum Gasteiger partial charge on any atom is 0.0668 e. The zero-order chi connectivity index (χ0) is 11.0. The summed E-state index contributed by atoms with van der Waals surface area (Å²) in [6, 6.07) is 0.338. The largest absolute Gasteiger partial charge is 0.372 e. The van der Waals surface area contributed by atoms with Crippen LogP contribution in [0.4, 0.5) is 0 Å². The minimum atomic E-state index is -0.0413. The molecule has 0 saturated heterocycles. The molecule has 0 aliphatic heterocycles.